The van der Waals surface area contributed by atoms with Crippen molar-refractivity contribution in [3.05, 3.63) is 71.8 Å². The first kappa shape index (κ1) is 14.4. The van der Waals surface area contributed by atoms with Crippen molar-refractivity contribution in [2.75, 3.05) is 0 Å². The molecule has 0 bridgehead atoms. The van der Waals surface area contributed by atoms with E-state index in [1.807, 2.05) is 48.5 Å². The molecule has 5 heteroatoms. The predicted molar refractivity (Wildman–Crippen MR) is 87.7 cm³/mol. The number of nitrogens with zero attached hydrogens (tertiary/aromatic N) is 1. The maximum Gasteiger partial charge on any atom is 0.295 e. The second-order valence-corrected chi connectivity index (χ2v) is 5.69. The number of fused-ring (bicyclic) bond motifs is 3. The summed E-state index contributed by atoms with van der Waals surface area (Å²) in [5.74, 6) is -0.658. The van der Waals surface area contributed by atoms with Gasteiger partial charge in [0.2, 0.25) is 0 Å². The van der Waals surface area contributed by atoms with E-state index in [0.717, 1.165) is 22.3 Å². The number of hydrogen-bond donors (Lipinski definition) is 2. The minimum atomic E-state index is -0.887. The fourth-order valence-corrected chi connectivity index (χ4v) is 3.53. The highest BCUT2D eigenvalue weighted by molar-refractivity contribution is 5.79. The van der Waals surface area contributed by atoms with E-state index in [9.17, 15) is 15.0 Å². The van der Waals surface area contributed by atoms with Gasteiger partial charge in [0, 0.05) is 12.1 Å². The molecule has 0 spiro atoms. The van der Waals surface area contributed by atoms with Crippen molar-refractivity contribution >= 4 is 6.47 Å². The molecular formula is C19H15NO4. The summed E-state index contributed by atoms with van der Waals surface area (Å²) in [6.45, 7) is 0.340. The highest BCUT2D eigenvalue weighted by Crippen LogP contribution is 2.51. The van der Waals surface area contributed by atoms with Gasteiger partial charge in [0.25, 0.3) is 6.47 Å². The van der Waals surface area contributed by atoms with Gasteiger partial charge in [-0.2, -0.15) is 0 Å². The lowest BCUT2D eigenvalue weighted by molar-refractivity contribution is -0.139. The van der Waals surface area contributed by atoms with Crippen LogP contribution in [0.4, 0.5) is 0 Å². The number of benzene rings is 2. The van der Waals surface area contributed by atoms with Gasteiger partial charge in [0.1, 0.15) is 0 Å². The molecule has 5 nitrogen and oxygen atoms in total. The third kappa shape index (κ3) is 1.98. The molecule has 4 rings (SSSR count). The Hall–Kier alpha value is -3.21. The Morgan fingerprint density at radius 2 is 1.38 bits per heavy atom. The number of carbonyl (C=O) groups excluding carboxylic acids is 1. The number of rotatable bonds is 4. The molecular weight excluding hydrogens is 306 g/mol. The van der Waals surface area contributed by atoms with Gasteiger partial charge in [-0.05, 0) is 22.3 Å². The summed E-state index contributed by atoms with van der Waals surface area (Å²) in [4.78, 5) is 11.1. The largest absolute Gasteiger partial charge is 0.494 e. The van der Waals surface area contributed by atoms with Crippen molar-refractivity contribution in [1.82, 2.24) is 4.57 Å². The highest BCUT2D eigenvalue weighted by atomic mass is 16.5. The van der Waals surface area contributed by atoms with Gasteiger partial charge < -0.3 is 14.9 Å². The number of hydrogen-bond acceptors (Lipinski definition) is 4. The Morgan fingerprint density at radius 3 is 1.88 bits per heavy atom. The average molecular weight is 321 g/mol. The third-order valence-corrected chi connectivity index (χ3v) is 4.49. The van der Waals surface area contributed by atoms with Gasteiger partial charge in [-0.3, -0.25) is 4.79 Å². The molecule has 2 N–H and O–H groups in total. The molecule has 120 valence electrons. The molecule has 1 aromatic heterocycles. The molecule has 0 saturated heterocycles. The summed E-state index contributed by atoms with van der Waals surface area (Å²) < 4.78 is 6.53. The molecule has 3 aromatic rings. The number of carbonyl (C=O) groups is 1. The van der Waals surface area contributed by atoms with Crippen LogP contribution in [0.3, 0.4) is 0 Å². The quantitative estimate of drug-likeness (QED) is 0.723. The lowest BCUT2D eigenvalue weighted by Gasteiger charge is -2.26. The van der Waals surface area contributed by atoms with Crippen molar-refractivity contribution < 1.29 is 19.7 Å². The summed E-state index contributed by atoms with van der Waals surface area (Å²) in [7, 11) is 0. The molecule has 0 fully saturated rings. The van der Waals surface area contributed by atoms with Crippen molar-refractivity contribution in [3.8, 4) is 22.9 Å². The van der Waals surface area contributed by atoms with Crippen LogP contribution in [0.15, 0.2) is 60.7 Å². The molecule has 0 aliphatic heterocycles. The summed E-state index contributed by atoms with van der Waals surface area (Å²) in [5, 5.41) is 20.2. The Kier molecular flexibility index (Phi) is 3.27. The van der Waals surface area contributed by atoms with Crippen molar-refractivity contribution in [1.29, 1.82) is 0 Å². The monoisotopic (exact) mass is 321 g/mol. The van der Waals surface area contributed by atoms with Gasteiger partial charge in [0.05, 0.1) is 5.92 Å². The molecule has 1 heterocycles. The Balaban J connectivity index is 1.95. The second kappa shape index (κ2) is 5.45. The first-order valence-electron chi connectivity index (χ1n) is 7.59. The zero-order valence-corrected chi connectivity index (χ0v) is 12.7. The fraction of sp³-hybridized carbons (Fsp3) is 0.105. The number of ether oxygens (including phenoxy) is 1. The van der Waals surface area contributed by atoms with Crippen LogP contribution in [-0.4, -0.2) is 21.3 Å². The Bertz CT molecular complexity index is 850. The molecule has 1 atom stereocenters. The summed E-state index contributed by atoms with van der Waals surface area (Å²) >= 11 is 0. The van der Waals surface area contributed by atoms with Crippen LogP contribution in [0.25, 0.3) is 11.1 Å². The van der Waals surface area contributed by atoms with Gasteiger partial charge in [-0.25, -0.2) is 4.57 Å². The van der Waals surface area contributed by atoms with Crippen molar-refractivity contribution in [2.24, 2.45) is 0 Å². The van der Waals surface area contributed by atoms with Crippen LogP contribution in [0.2, 0.25) is 0 Å². The minimum Gasteiger partial charge on any atom is -0.494 e. The summed E-state index contributed by atoms with van der Waals surface area (Å²) in [6.07, 6.45) is -0.887. The summed E-state index contributed by atoms with van der Waals surface area (Å²) in [5.41, 5.74) is 4.09. The van der Waals surface area contributed by atoms with Gasteiger partial charge in [0.15, 0.2) is 18.0 Å². The molecule has 24 heavy (non-hydrogen) atoms. The van der Waals surface area contributed by atoms with E-state index in [2.05, 4.69) is 0 Å². The second-order valence-electron chi connectivity index (χ2n) is 5.69. The Labute approximate surface area is 138 Å². The molecule has 0 amide bonds. The van der Waals surface area contributed by atoms with Crippen molar-refractivity contribution in [3.63, 3.8) is 0 Å². The smallest absolute Gasteiger partial charge is 0.295 e. The van der Waals surface area contributed by atoms with E-state index >= 15 is 0 Å². The van der Waals surface area contributed by atoms with E-state index in [1.54, 1.807) is 0 Å². The predicted octanol–water partition coefficient (Wildman–Crippen LogP) is 3.38. The molecule has 1 aliphatic rings. The topological polar surface area (TPSA) is 71.7 Å². The molecule has 1 aliphatic carbocycles. The number of aromatic nitrogens is 1. The fourth-order valence-electron chi connectivity index (χ4n) is 3.53. The lowest BCUT2D eigenvalue weighted by Crippen LogP contribution is -2.20. The van der Waals surface area contributed by atoms with Crippen LogP contribution < -0.4 is 0 Å². The normalized spacial score (nSPS) is 14.0. The van der Waals surface area contributed by atoms with Crippen LogP contribution >= 0.6 is 0 Å². The first-order valence-corrected chi connectivity index (χ1v) is 7.59. The van der Waals surface area contributed by atoms with Crippen LogP contribution in [0, 0.1) is 0 Å². The lowest BCUT2D eigenvalue weighted by atomic mass is 9.95. The van der Waals surface area contributed by atoms with E-state index in [0.29, 0.717) is 6.47 Å². The standard InChI is InChI=1S/C19H15NO4/c21-11-24-19(20-16(22)9-10-17(20)23)18-14-7-3-1-5-12(14)13-6-2-4-8-15(13)18/h1-11,18-19,22-23H. The highest BCUT2D eigenvalue weighted by Gasteiger charge is 2.38. The maximum absolute atomic E-state index is 11.1. The molecule has 0 saturated carbocycles. The van der Waals surface area contributed by atoms with E-state index in [4.69, 9.17) is 4.74 Å². The average Bonchev–Trinajstić information content (AvgIpc) is 3.11. The van der Waals surface area contributed by atoms with Crippen LogP contribution in [0.1, 0.15) is 23.3 Å². The van der Waals surface area contributed by atoms with Gasteiger partial charge in [-0.15, -0.1) is 0 Å². The first-order chi connectivity index (χ1) is 11.7. The molecule has 1 unspecified atom stereocenters. The third-order valence-electron chi connectivity index (χ3n) is 4.49. The van der Waals surface area contributed by atoms with Gasteiger partial charge >= 0.3 is 0 Å². The van der Waals surface area contributed by atoms with Crippen molar-refractivity contribution in [2.45, 2.75) is 12.1 Å². The van der Waals surface area contributed by atoms with E-state index in [-0.39, 0.29) is 17.7 Å². The molecule has 2 aromatic carbocycles. The van der Waals surface area contributed by atoms with E-state index < -0.39 is 6.23 Å². The summed E-state index contributed by atoms with van der Waals surface area (Å²) in [6, 6.07) is 18.5. The minimum absolute atomic E-state index is 0.166. The van der Waals surface area contributed by atoms with Crippen LogP contribution in [0.5, 0.6) is 11.8 Å². The zero-order valence-electron chi connectivity index (χ0n) is 12.7. The van der Waals surface area contributed by atoms with E-state index in [1.165, 1.54) is 16.7 Å². The maximum atomic E-state index is 11.1. The van der Waals surface area contributed by atoms with Crippen LogP contribution in [-0.2, 0) is 9.53 Å². The Morgan fingerprint density at radius 1 is 0.875 bits per heavy atom. The molecule has 0 radical (unpaired) electrons. The number of aromatic hydroxyl groups is 2. The SMILES string of the molecule is O=COC(C1c2ccccc2-c2ccccc21)n1c(O)ccc1O. The van der Waals surface area contributed by atoms with Gasteiger partial charge in [-0.1, -0.05) is 48.5 Å². The zero-order chi connectivity index (χ0) is 16.7.